The Bertz CT molecular complexity index is 505. The smallest absolute Gasteiger partial charge is 0.0992 e. The zero-order chi connectivity index (χ0) is 14.7. The van der Waals surface area contributed by atoms with E-state index in [-0.39, 0.29) is 0 Å². The lowest BCUT2D eigenvalue weighted by molar-refractivity contribution is 0.199. The first-order chi connectivity index (χ1) is 9.52. The molecule has 1 aromatic carbocycles. The molecule has 1 unspecified atom stereocenters. The third-order valence-electron chi connectivity index (χ3n) is 3.87. The fourth-order valence-corrected chi connectivity index (χ4v) is 2.98. The lowest BCUT2D eigenvalue weighted by Crippen LogP contribution is -2.38. The topological polar surface area (TPSA) is 50.5 Å². The molecule has 1 heterocycles. The molecule has 1 aromatic rings. The Morgan fingerprint density at radius 1 is 1.50 bits per heavy atom. The highest BCUT2D eigenvalue weighted by molar-refractivity contribution is 5.59. The van der Waals surface area contributed by atoms with Crippen LogP contribution in [0.3, 0.4) is 0 Å². The number of benzene rings is 1. The van der Waals surface area contributed by atoms with Gasteiger partial charge in [0.25, 0.3) is 0 Å². The van der Waals surface area contributed by atoms with Crippen molar-refractivity contribution in [2.75, 3.05) is 32.1 Å². The van der Waals surface area contributed by atoms with E-state index in [0.29, 0.717) is 11.6 Å². The van der Waals surface area contributed by atoms with E-state index in [4.69, 9.17) is 5.26 Å². The number of nitrogens with zero attached hydrogens (tertiary/aromatic N) is 3. The van der Waals surface area contributed by atoms with Gasteiger partial charge in [-0.2, -0.15) is 5.26 Å². The zero-order valence-corrected chi connectivity index (χ0v) is 12.5. The SMILES string of the molecule is C[C@H](O)c1ccc(C#N)cc1N1CCCC1CN(C)C. The molecule has 1 saturated heterocycles. The van der Waals surface area contributed by atoms with Crippen molar-refractivity contribution >= 4 is 5.69 Å². The Balaban J connectivity index is 2.36. The molecule has 2 atom stereocenters. The number of aliphatic hydroxyl groups excluding tert-OH is 1. The third-order valence-corrected chi connectivity index (χ3v) is 3.87. The summed E-state index contributed by atoms with van der Waals surface area (Å²) in [6.07, 6.45) is 1.81. The Labute approximate surface area is 121 Å². The molecule has 4 nitrogen and oxygen atoms in total. The van der Waals surface area contributed by atoms with E-state index in [1.807, 2.05) is 12.1 Å². The van der Waals surface area contributed by atoms with Crippen LogP contribution in [0.5, 0.6) is 0 Å². The standard InChI is InChI=1S/C16H23N3O/c1-12(20)15-7-6-13(10-17)9-16(15)19-8-4-5-14(19)11-18(2)3/h6-7,9,12,14,20H,4-5,8,11H2,1-3H3/t12-,14?/m0/s1. The summed E-state index contributed by atoms with van der Waals surface area (Å²) >= 11 is 0. The van der Waals surface area contributed by atoms with E-state index in [9.17, 15) is 5.11 Å². The highest BCUT2D eigenvalue weighted by Gasteiger charge is 2.27. The van der Waals surface area contributed by atoms with Gasteiger partial charge in [0.2, 0.25) is 0 Å². The molecular weight excluding hydrogens is 250 g/mol. The summed E-state index contributed by atoms with van der Waals surface area (Å²) in [5.74, 6) is 0. The first kappa shape index (κ1) is 14.8. The van der Waals surface area contributed by atoms with Crippen LogP contribution in [0, 0.1) is 11.3 Å². The minimum absolute atomic E-state index is 0.455. The lowest BCUT2D eigenvalue weighted by Gasteiger charge is -2.31. The fraction of sp³-hybridized carbons (Fsp3) is 0.562. The monoisotopic (exact) mass is 273 g/mol. The number of hydrogen-bond acceptors (Lipinski definition) is 4. The average Bonchev–Trinajstić information content (AvgIpc) is 2.85. The van der Waals surface area contributed by atoms with Gasteiger partial charge in [0.1, 0.15) is 0 Å². The van der Waals surface area contributed by atoms with Gasteiger partial charge in [0.05, 0.1) is 17.7 Å². The van der Waals surface area contributed by atoms with Crippen LogP contribution in [0.25, 0.3) is 0 Å². The van der Waals surface area contributed by atoms with Gasteiger partial charge >= 0.3 is 0 Å². The Morgan fingerprint density at radius 2 is 2.25 bits per heavy atom. The average molecular weight is 273 g/mol. The van der Waals surface area contributed by atoms with E-state index in [1.54, 1.807) is 13.0 Å². The maximum Gasteiger partial charge on any atom is 0.0992 e. The summed E-state index contributed by atoms with van der Waals surface area (Å²) in [6.45, 7) is 3.77. The predicted molar refractivity (Wildman–Crippen MR) is 80.7 cm³/mol. The molecule has 0 aromatic heterocycles. The van der Waals surface area contributed by atoms with Crippen molar-refractivity contribution in [2.45, 2.75) is 31.9 Å². The molecule has 108 valence electrons. The van der Waals surface area contributed by atoms with E-state index >= 15 is 0 Å². The van der Waals surface area contributed by atoms with Crippen molar-refractivity contribution in [3.63, 3.8) is 0 Å². The lowest BCUT2D eigenvalue weighted by atomic mass is 10.0. The number of hydrogen-bond donors (Lipinski definition) is 1. The van der Waals surface area contributed by atoms with E-state index < -0.39 is 6.10 Å². The van der Waals surface area contributed by atoms with Crippen LogP contribution in [-0.4, -0.2) is 43.2 Å². The summed E-state index contributed by atoms with van der Waals surface area (Å²) in [5.41, 5.74) is 2.58. The summed E-state index contributed by atoms with van der Waals surface area (Å²) in [4.78, 5) is 4.54. The number of aliphatic hydroxyl groups is 1. The highest BCUT2D eigenvalue weighted by atomic mass is 16.3. The fourth-order valence-electron chi connectivity index (χ4n) is 2.98. The summed E-state index contributed by atoms with van der Waals surface area (Å²) in [7, 11) is 4.16. The second kappa shape index (κ2) is 6.25. The maximum absolute atomic E-state index is 9.98. The van der Waals surface area contributed by atoms with Crippen molar-refractivity contribution in [1.29, 1.82) is 5.26 Å². The molecular formula is C16H23N3O. The van der Waals surface area contributed by atoms with Crippen molar-refractivity contribution in [2.24, 2.45) is 0 Å². The summed E-state index contributed by atoms with van der Waals surface area (Å²) < 4.78 is 0. The largest absolute Gasteiger partial charge is 0.389 e. The number of anilines is 1. The molecule has 0 amide bonds. The first-order valence-corrected chi connectivity index (χ1v) is 7.16. The maximum atomic E-state index is 9.98. The zero-order valence-electron chi connectivity index (χ0n) is 12.5. The third kappa shape index (κ3) is 3.12. The Hall–Kier alpha value is -1.57. The van der Waals surface area contributed by atoms with Gasteiger partial charge in [-0.1, -0.05) is 6.07 Å². The molecule has 1 aliphatic heterocycles. The minimum atomic E-state index is -0.515. The quantitative estimate of drug-likeness (QED) is 0.913. The molecule has 0 saturated carbocycles. The molecule has 0 bridgehead atoms. The van der Waals surface area contributed by atoms with Crippen LogP contribution in [-0.2, 0) is 0 Å². The molecule has 2 rings (SSSR count). The van der Waals surface area contributed by atoms with Crippen LogP contribution < -0.4 is 4.90 Å². The summed E-state index contributed by atoms with van der Waals surface area (Å²) in [6, 6.07) is 8.22. The molecule has 1 fully saturated rings. The second-order valence-corrected chi connectivity index (χ2v) is 5.81. The van der Waals surface area contributed by atoms with Crippen LogP contribution in [0.2, 0.25) is 0 Å². The molecule has 0 radical (unpaired) electrons. The van der Waals surface area contributed by atoms with Crippen molar-refractivity contribution < 1.29 is 5.11 Å². The van der Waals surface area contributed by atoms with Gasteiger partial charge < -0.3 is 14.9 Å². The molecule has 0 aliphatic carbocycles. The number of rotatable bonds is 4. The normalized spacial score (nSPS) is 20.2. The minimum Gasteiger partial charge on any atom is -0.389 e. The molecule has 1 N–H and O–H groups in total. The highest BCUT2D eigenvalue weighted by Crippen LogP contribution is 2.33. The summed E-state index contributed by atoms with van der Waals surface area (Å²) in [5, 5.41) is 19.1. The van der Waals surface area contributed by atoms with Gasteiger partial charge in [-0.3, -0.25) is 0 Å². The predicted octanol–water partition coefficient (Wildman–Crippen LogP) is 2.14. The van der Waals surface area contributed by atoms with E-state index in [2.05, 4.69) is 30.0 Å². The molecule has 0 spiro atoms. The van der Waals surface area contributed by atoms with Crippen molar-refractivity contribution in [3.8, 4) is 6.07 Å². The number of nitriles is 1. The van der Waals surface area contributed by atoms with Crippen molar-refractivity contribution in [3.05, 3.63) is 29.3 Å². The van der Waals surface area contributed by atoms with Crippen LogP contribution in [0.4, 0.5) is 5.69 Å². The Morgan fingerprint density at radius 3 is 2.85 bits per heavy atom. The van der Waals surface area contributed by atoms with Gasteiger partial charge in [0.15, 0.2) is 0 Å². The van der Waals surface area contributed by atoms with Gasteiger partial charge in [-0.15, -0.1) is 0 Å². The second-order valence-electron chi connectivity index (χ2n) is 5.81. The van der Waals surface area contributed by atoms with Gasteiger partial charge in [-0.05, 0) is 46.0 Å². The van der Waals surface area contributed by atoms with Gasteiger partial charge in [0, 0.05) is 30.4 Å². The van der Waals surface area contributed by atoms with E-state index in [1.165, 1.54) is 0 Å². The molecule has 4 heteroatoms. The molecule has 1 aliphatic rings. The van der Waals surface area contributed by atoms with Crippen LogP contribution in [0.15, 0.2) is 18.2 Å². The molecule has 20 heavy (non-hydrogen) atoms. The van der Waals surface area contributed by atoms with Crippen LogP contribution in [0.1, 0.15) is 37.0 Å². The first-order valence-electron chi connectivity index (χ1n) is 7.16. The number of likely N-dealkylation sites (N-methyl/N-ethyl adjacent to an activating group) is 1. The van der Waals surface area contributed by atoms with Gasteiger partial charge in [-0.25, -0.2) is 0 Å². The van der Waals surface area contributed by atoms with E-state index in [0.717, 1.165) is 37.2 Å². The Kier molecular flexibility index (Phi) is 4.64. The van der Waals surface area contributed by atoms with Crippen molar-refractivity contribution in [1.82, 2.24) is 4.90 Å². The van der Waals surface area contributed by atoms with Crippen LogP contribution >= 0.6 is 0 Å².